The number of amides is 1. The van der Waals surface area contributed by atoms with Gasteiger partial charge in [0.05, 0.1) is 13.7 Å². The first-order chi connectivity index (χ1) is 12.8. The lowest BCUT2D eigenvalue weighted by molar-refractivity contribution is -0.132. The molecule has 0 unspecified atom stereocenters. The molecule has 9 heteroatoms. The van der Waals surface area contributed by atoms with Gasteiger partial charge in [0.2, 0.25) is 15.9 Å². The second-order valence-corrected chi connectivity index (χ2v) is 9.29. The van der Waals surface area contributed by atoms with Crippen LogP contribution in [-0.4, -0.2) is 69.9 Å². The molecule has 2 rings (SSSR count). The second kappa shape index (κ2) is 9.73. The summed E-state index contributed by atoms with van der Waals surface area (Å²) < 4.78 is 33.1. The minimum atomic E-state index is -3.93. The number of sulfonamides is 1. The molecule has 27 heavy (non-hydrogen) atoms. The topological polar surface area (TPSA) is 79.0 Å². The first-order valence-electron chi connectivity index (χ1n) is 9.08. The van der Waals surface area contributed by atoms with E-state index >= 15 is 0 Å². The molecule has 0 bridgehead atoms. The largest absolute Gasteiger partial charge is 0.495 e. The molecule has 0 atom stereocenters. The highest BCUT2D eigenvalue weighted by molar-refractivity contribution is 7.89. The van der Waals surface area contributed by atoms with Crippen LogP contribution in [0.5, 0.6) is 5.75 Å². The molecule has 0 saturated carbocycles. The summed E-state index contributed by atoms with van der Waals surface area (Å²) in [5, 5.41) is 3.48. The van der Waals surface area contributed by atoms with E-state index < -0.39 is 10.0 Å². The lowest BCUT2D eigenvalue weighted by Gasteiger charge is -2.30. The van der Waals surface area contributed by atoms with Crippen LogP contribution < -0.4 is 10.1 Å². The summed E-state index contributed by atoms with van der Waals surface area (Å²) in [6, 6.07) is 4.46. The molecule has 1 N–H and O–H groups in total. The molecule has 0 aliphatic carbocycles. The average Bonchev–Trinajstić information content (AvgIpc) is 2.65. The zero-order chi connectivity index (χ0) is 20.0. The van der Waals surface area contributed by atoms with Crippen molar-refractivity contribution in [2.75, 3.05) is 46.4 Å². The highest BCUT2D eigenvalue weighted by Crippen LogP contribution is 2.30. The van der Waals surface area contributed by atoms with E-state index in [1.54, 1.807) is 11.0 Å². The number of carbonyl (C=O) groups excluding carboxylic acids is 1. The highest BCUT2D eigenvalue weighted by Gasteiger charge is 2.31. The Kier molecular flexibility index (Phi) is 7.91. The summed E-state index contributed by atoms with van der Waals surface area (Å²) in [6.45, 7) is 6.69. The number of benzene rings is 1. The number of nitrogens with zero attached hydrogens (tertiary/aromatic N) is 2. The van der Waals surface area contributed by atoms with Crippen LogP contribution in [0.2, 0.25) is 5.02 Å². The minimum Gasteiger partial charge on any atom is -0.495 e. The fourth-order valence-corrected chi connectivity index (χ4v) is 4.67. The molecule has 0 radical (unpaired) electrons. The van der Waals surface area contributed by atoms with Gasteiger partial charge in [0.25, 0.3) is 0 Å². The first kappa shape index (κ1) is 21.9. The van der Waals surface area contributed by atoms with E-state index in [9.17, 15) is 13.2 Å². The van der Waals surface area contributed by atoms with Crippen molar-refractivity contribution < 1.29 is 17.9 Å². The molecule has 0 aromatic heterocycles. The van der Waals surface area contributed by atoms with Crippen molar-refractivity contribution in [3.63, 3.8) is 0 Å². The molecule has 0 spiro atoms. The molecule has 7 nitrogen and oxygen atoms in total. The number of piperazine rings is 1. The summed E-state index contributed by atoms with van der Waals surface area (Å²) >= 11 is 6.02. The molecule has 1 aliphatic rings. The Morgan fingerprint density at radius 3 is 2.59 bits per heavy atom. The van der Waals surface area contributed by atoms with E-state index in [-0.39, 0.29) is 29.6 Å². The number of hydrogen-bond donors (Lipinski definition) is 1. The summed E-state index contributed by atoms with van der Waals surface area (Å²) in [5.74, 6) is 0.326. The molecule has 1 aliphatic heterocycles. The summed E-state index contributed by atoms with van der Waals surface area (Å²) in [5.41, 5.74) is 0. The van der Waals surface area contributed by atoms with Crippen molar-refractivity contribution in [2.45, 2.75) is 25.2 Å². The monoisotopic (exact) mass is 417 g/mol. The Labute approximate surface area is 166 Å². The highest BCUT2D eigenvalue weighted by atomic mass is 35.5. The third-order valence-electron chi connectivity index (χ3n) is 4.48. The van der Waals surface area contributed by atoms with Crippen LogP contribution in [0.4, 0.5) is 0 Å². The van der Waals surface area contributed by atoms with Crippen molar-refractivity contribution in [3.8, 4) is 5.75 Å². The molecular formula is C18H28ClN3O4S. The maximum Gasteiger partial charge on any atom is 0.247 e. The number of rotatable bonds is 8. The van der Waals surface area contributed by atoms with Gasteiger partial charge in [0.1, 0.15) is 10.6 Å². The van der Waals surface area contributed by atoms with Gasteiger partial charge in [0.15, 0.2) is 0 Å². The average molecular weight is 418 g/mol. The zero-order valence-corrected chi connectivity index (χ0v) is 17.6. The van der Waals surface area contributed by atoms with Gasteiger partial charge in [-0.15, -0.1) is 0 Å². The molecule has 152 valence electrons. The van der Waals surface area contributed by atoms with Crippen LogP contribution in [0.3, 0.4) is 0 Å². The van der Waals surface area contributed by atoms with Crippen molar-refractivity contribution in [2.24, 2.45) is 5.92 Å². The Bertz CT molecular complexity index is 749. The fourth-order valence-electron chi connectivity index (χ4n) is 2.84. The lowest BCUT2D eigenvalue weighted by Crippen LogP contribution is -2.50. The molecule has 1 saturated heterocycles. The SMILES string of the molecule is COc1ccc(Cl)cc1S(=O)(=O)N(CCC(C)C)CC(=O)N1CCNCC1. The number of ether oxygens (including phenoxy) is 1. The summed E-state index contributed by atoms with van der Waals surface area (Å²) in [6.07, 6.45) is 0.650. The quantitative estimate of drug-likeness (QED) is 0.697. The standard InChI is InChI=1S/C18H28ClN3O4S/c1-14(2)6-9-22(13-18(23)21-10-7-20-8-11-21)27(24,25)17-12-15(19)4-5-16(17)26-3/h4-5,12,14,20H,6-11,13H2,1-3H3. The Hall–Kier alpha value is -1.35. The molecule has 1 aromatic rings. The summed E-state index contributed by atoms with van der Waals surface area (Å²) in [7, 11) is -2.53. The maximum atomic E-state index is 13.3. The number of carbonyl (C=O) groups is 1. The molecule has 1 amide bonds. The zero-order valence-electron chi connectivity index (χ0n) is 16.1. The molecule has 1 fully saturated rings. The number of nitrogens with one attached hydrogen (secondary N) is 1. The van der Waals surface area contributed by atoms with Gasteiger partial charge in [-0.3, -0.25) is 4.79 Å². The fraction of sp³-hybridized carbons (Fsp3) is 0.611. The summed E-state index contributed by atoms with van der Waals surface area (Å²) in [4.78, 5) is 14.4. The van der Waals surface area contributed by atoms with Gasteiger partial charge in [0, 0.05) is 37.7 Å². The van der Waals surface area contributed by atoms with Gasteiger partial charge < -0.3 is 15.0 Å². The molecule has 1 heterocycles. The van der Waals surface area contributed by atoms with Crippen LogP contribution in [0, 0.1) is 5.92 Å². The lowest BCUT2D eigenvalue weighted by atomic mass is 10.1. The third kappa shape index (κ3) is 5.81. The van der Waals surface area contributed by atoms with Gasteiger partial charge in [-0.05, 0) is 30.5 Å². The predicted molar refractivity (Wildman–Crippen MR) is 106 cm³/mol. The first-order valence-corrected chi connectivity index (χ1v) is 10.9. The van der Waals surface area contributed by atoms with Crippen molar-refractivity contribution in [1.82, 2.24) is 14.5 Å². The Balaban J connectivity index is 2.31. The van der Waals surface area contributed by atoms with Crippen LogP contribution in [0.15, 0.2) is 23.1 Å². The normalized spacial score (nSPS) is 15.4. The van der Waals surface area contributed by atoms with E-state index in [2.05, 4.69) is 5.32 Å². The maximum absolute atomic E-state index is 13.3. The smallest absolute Gasteiger partial charge is 0.247 e. The number of hydrogen-bond acceptors (Lipinski definition) is 5. The van der Waals surface area contributed by atoms with Gasteiger partial charge >= 0.3 is 0 Å². The van der Waals surface area contributed by atoms with Crippen LogP contribution in [-0.2, 0) is 14.8 Å². The predicted octanol–water partition coefficient (Wildman–Crippen LogP) is 1.82. The van der Waals surface area contributed by atoms with Gasteiger partial charge in [-0.25, -0.2) is 8.42 Å². The molecule has 1 aromatic carbocycles. The van der Waals surface area contributed by atoms with Crippen LogP contribution in [0.1, 0.15) is 20.3 Å². The Morgan fingerprint density at radius 2 is 2.00 bits per heavy atom. The van der Waals surface area contributed by atoms with E-state index in [0.717, 1.165) is 0 Å². The minimum absolute atomic E-state index is 0.0191. The van der Waals surface area contributed by atoms with Crippen LogP contribution >= 0.6 is 11.6 Å². The number of halogens is 1. The van der Waals surface area contributed by atoms with Crippen molar-refractivity contribution >= 4 is 27.5 Å². The van der Waals surface area contributed by atoms with Crippen molar-refractivity contribution in [3.05, 3.63) is 23.2 Å². The second-order valence-electron chi connectivity index (χ2n) is 6.95. The number of methoxy groups -OCH3 is 1. The van der Waals surface area contributed by atoms with Crippen LogP contribution in [0.25, 0.3) is 0 Å². The van der Waals surface area contributed by atoms with E-state index in [4.69, 9.17) is 16.3 Å². The van der Waals surface area contributed by atoms with Gasteiger partial charge in [-0.2, -0.15) is 4.31 Å². The van der Waals surface area contributed by atoms with E-state index in [0.29, 0.717) is 43.5 Å². The van der Waals surface area contributed by atoms with Gasteiger partial charge in [-0.1, -0.05) is 25.4 Å². The third-order valence-corrected chi connectivity index (χ3v) is 6.58. The van der Waals surface area contributed by atoms with Crippen molar-refractivity contribution in [1.29, 1.82) is 0 Å². The van der Waals surface area contributed by atoms with E-state index in [1.165, 1.54) is 23.5 Å². The molecular weight excluding hydrogens is 390 g/mol. The van der Waals surface area contributed by atoms with E-state index in [1.807, 2.05) is 13.8 Å². The Morgan fingerprint density at radius 1 is 1.33 bits per heavy atom.